The third-order valence-corrected chi connectivity index (χ3v) is 3.77. The number of phosphoric ester groups is 1. The van der Waals surface area contributed by atoms with E-state index in [1.807, 2.05) is 0 Å². The number of amides is 2. The summed E-state index contributed by atoms with van der Waals surface area (Å²) in [6.45, 7) is -0.583. The quantitative estimate of drug-likeness (QED) is 0.300. The molecule has 2 amide bonds. The summed E-state index contributed by atoms with van der Waals surface area (Å²) >= 11 is 0. The summed E-state index contributed by atoms with van der Waals surface area (Å²) in [7, 11) is -4.94. The van der Waals surface area contributed by atoms with Gasteiger partial charge in [-0.15, -0.1) is 0 Å². The third kappa shape index (κ3) is 3.71. The molecule has 1 unspecified atom stereocenters. The minimum atomic E-state index is -4.94. The van der Waals surface area contributed by atoms with Gasteiger partial charge in [-0.1, -0.05) is 0 Å². The Balaban J connectivity index is 2.18. The van der Waals surface area contributed by atoms with Crippen LogP contribution in [-0.4, -0.2) is 80.0 Å². The average Bonchev–Trinajstić information content (AvgIpc) is 2.65. The van der Waals surface area contributed by atoms with Crippen LogP contribution in [0.3, 0.4) is 0 Å². The first-order valence-corrected chi connectivity index (χ1v) is 7.69. The van der Waals surface area contributed by atoms with Crippen LogP contribution in [-0.2, 0) is 13.8 Å². The van der Waals surface area contributed by atoms with Gasteiger partial charge in [-0.25, -0.2) is 9.36 Å². The number of phosphoric acid groups is 1. The van der Waals surface area contributed by atoms with Crippen LogP contribution in [0.15, 0.2) is 0 Å². The van der Waals surface area contributed by atoms with Gasteiger partial charge in [0.05, 0.1) is 6.61 Å². The van der Waals surface area contributed by atoms with Crippen molar-refractivity contribution in [2.75, 3.05) is 13.2 Å². The van der Waals surface area contributed by atoms with E-state index in [0.29, 0.717) is 0 Å². The van der Waals surface area contributed by atoms with Gasteiger partial charge in [0.25, 0.3) is 0 Å². The molecule has 2 aliphatic rings. The van der Waals surface area contributed by atoms with Gasteiger partial charge in [0.1, 0.15) is 24.5 Å². The summed E-state index contributed by atoms with van der Waals surface area (Å²) in [5.74, 6) is 0. The lowest BCUT2D eigenvalue weighted by atomic mass is 10.1. The van der Waals surface area contributed by atoms with Gasteiger partial charge in [-0.2, -0.15) is 0 Å². The predicted octanol–water partition coefficient (Wildman–Crippen LogP) is -2.72. The molecule has 0 saturated carbocycles. The van der Waals surface area contributed by atoms with Crippen molar-refractivity contribution in [3.05, 3.63) is 0 Å². The average molecular weight is 328 g/mol. The zero-order chi connectivity index (χ0) is 15.8. The fraction of sp³-hybridized carbons (Fsp3) is 0.889. The van der Waals surface area contributed by atoms with E-state index < -0.39 is 51.2 Å². The first-order chi connectivity index (χ1) is 9.73. The predicted molar refractivity (Wildman–Crippen MR) is 64.5 cm³/mol. The van der Waals surface area contributed by atoms with Crippen molar-refractivity contribution < 1.29 is 43.7 Å². The molecule has 6 N–H and O–H groups in total. The maximum Gasteiger partial charge on any atom is 0.470 e. The number of rotatable bonds is 4. The third-order valence-electron chi connectivity index (χ3n) is 3.25. The van der Waals surface area contributed by atoms with Crippen LogP contribution in [0, 0.1) is 0 Å². The molecule has 0 aliphatic carbocycles. The van der Waals surface area contributed by atoms with Crippen LogP contribution in [0.25, 0.3) is 0 Å². The van der Waals surface area contributed by atoms with Gasteiger partial charge in [0.15, 0.2) is 6.23 Å². The second kappa shape index (κ2) is 6.15. The molecule has 21 heavy (non-hydrogen) atoms. The van der Waals surface area contributed by atoms with Crippen molar-refractivity contribution in [3.8, 4) is 0 Å². The van der Waals surface area contributed by atoms with Crippen molar-refractivity contribution in [3.63, 3.8) is 0 Å². The van der Waals surface area contributed by atoms with Crippen LogP contribution in [0.2, 0.25) is 0 Å². The first kappa shape index (κ1) is 16.6. The maximum atomic E-state index is 11.8. The Morgan fingerprint density at radius 1 is 1.43 bits per heavy atom. The van der Waals surface area contributed by atoms with Crippen molar-refractivity contribution in [1.29, 1.82) is 0 Å². The van der Waals surface area contributed by atoms with Crippen LogP contribution < -0.4 is 5.32 Å². The summed E-state index contributed by atoms with van der Waals surface area (Å²) in [6.07, 6.45) is -6.36. The molecule has 2 saturated heterocycles. The molecular formula is C9H17N2O9P. The van der Waals surface area contributed by atoms with Gasteiger partial charge in [-0.3, -0.25) is 9.42 Å². The lowest BCUT2D eigenvalue weighted by molar-refractivity contribution is -0.0882. The fourth-order valence-corrected chi connectivity index (χ4v) is 2.84. The maximum absolute atomic E-state index is 11.8. The van der Waals surface area contributed by atoms with E-state index in [9.17, 15) is 19.6 Å². The monoisotopic (exact) mass is 328 g/mol. The molecule has 0 aromatic carbocycles. The number of carbonyl (C=O) groups is 1. The summed E-state index contributed by atoms with van der Waals surface area (Å²) in [5.41, 5.74) is 0. The summed E-state index contributed by atoms with van der Waals surface area (Å²) in [6, 6.07) is -0.733. The molecule has 0 bridgehead atoms. The van der Waals surface area contributed by atoms with Gasteiger partial charge in [-0.05, 0) is 0 Å². The Bertz CT molecular complexity index is 443. The number of urea groups is 1. The van der Waals surface area contributed by atoms with Crippen LogP contribution in [0.1, 0.15) is 6.42 Å². The second-order valence-electron chi connectivity index (χ2n) is 4.75. The van der Waals surface area contributed by atoms with Gasteiger partial charge < -0.3 is 35.2 Å². The molecule has 5 atom stereocenters. The minimum absolute atomic E-state index is 0.0313. The van der Waals surface area contributed by atoms with Gasteiger partial charge in [0, 0.05) is 13.0 Å². The summed E-state index contributed by atoms with van der Waals surface area (Å²) in [4.78, 5) is 30.6. The fourth-order valence-electron chi connectivity index (χ4n) is 2.30. The number of aliphatic hydroxyl groups excluding tert-OH is 3. The lowest BCUT2D eigenvalue weighted by Gasteiger charge is -2.36. The molecule has 122 valence electrons. The van der Waals surface area contributed by atoms with E-state index in [0.717, 1.165) is 4.90 Å². The molecule has 0 radical (unpaired) electrons. The van der Waals surface area contributed by atoms with E-state index in [2.05, 4.69) is 9.84 Å². The van der Waals surface area contributed by atoms with Crippen LogP contribution >= 0.6 is 7.82 Å². The molecule has 0 aromatic heterocycles. The Kier molecular flexibility index (Phi) is 4.85. The second-order valence-corrected chi connectivity index (χ2v) is 5.94. The van der Waals surface area contributed by atoms with Crippen molar-refractivity contribution in [2.45, 2.75) is 37.2 Å². The number of nitrogens with zero attached hydrogens (tertiary/aromatic N) is 1. The molecule has 2 heterocycles. The smallest absolute Gasteiger partial charge is 0.394 e. The Morgan fingerprint density at radius 2 is 2.10 bits per heavy atom. The Labute approximate surface area is 119 Å². The molecule has 2 rings (SSSR count). The van der Waals surface area contributed by atoms with Crippen LogP contribution in [0.4, 0.5) is 4.79 Å². The zero-order valence-corrected chi connectivity index (χ0v) is 11.7. The van der Waals surface area contributed by atoms with E-state index in [1.165, 1.54) is 0 Å². The number of hydrogen-bond acceptors (Lipinski definition) is 7. The summed E-state index contributed by atoms with van der Waals surface area (Å²) < 4.78 is 20.7. The highest BCUT2D eigenvalue weighted by molar-refractivity contribution is 7.46. The number of carbonyl (C=O) groups excluding carboxylic acids is 1. The van der Waals surface area contributed by atoms with Crippen LogP contribution in [0.5, 0.6) is 0 Å². The topological polar surface area (TPSA) is 169 Å². The molecular weight excluding hydrogens is 311 g/mol. The minimum Gasteiger partial charge on any atom is -0.394 e. The Hall–Kier alpha value is -0.780. The van der Waals surface area contributed by atoms with Crippen molar-refractivity contribution >= 4 is 13.9 Å². The molecule has 2 fully saturated rings. The molecule has 12 heteroatoms. The van der Waals surface area contributed by atoms with Gasteiger partial charge in [0.2, 0.25) is 0 Å². The number of ether oxygens (including phenoxy) is 1. The molecule has 11 nitrogen and oxygen atoms in total. The SMILES string of the molecule is O=C1NC(O)CCN1[C@@H]1O[C@H](CO)[C@@H](O)[C@H]1OP(=O)(O)O. The molecule has 0 aromatic rings. The summed E-state index contributed by atoms with van der Waals surface area (Å²) in [5, 5.41) is 30.5. The van der Waals surface area contributed by atoms with E-state index in [-0.39, 0.29) is 13.0 Å². The van der Waals surface area contributed by atoms with E-state index >= 15 is 0 Å². The Morgan fingerprint density at radius 3 is 2.62 bits per heavy atom. The van der Waals surface area contributed by atoms with E-state index in [4.69, 9.17) is 19.6 Å². The molecule has 0 spiro atoms. The number of aliphatic hydroxyl groups is 3. The van der Waals surface area contributed by atoms with Gasteiger partial charge >= 0.3 is 13.9 Å². The van der Waals surface area contributed by atoms with E-state index in [1.54, 1.807) is 0 Å². The highest BCUT2D eigenvalue weighted by Gasteiger charge is 2.51. The first-order valence-electron chi connectivity index (χ1n) is 6.16. The number of nitrogens with one attached hydrogen (secondary N) is 1. The highest BCUT2D eigenvalue weighted by atomic mass is 31.2. The van der Waals surface area contributed by atoms with Crippen molar-refractivity contribution in [1.82, 2.24) is 10.2 Å². The largest absolute Gasteiger partial charge is 0.470 e. The highest BCUT2D eigenvalue weighted by Crippen LogP contribution is 2.42. The standard InChI is InChI=1S/C9H17N2O9P/c12-3-4-6(14)7(20-21(16,17)18)8(19-4)11-2-1-5(13)10-9(11)15/h4-8,12-14H,1-3H2,(H,10,15)(H2,16,17,18)/t4-,5?,6-,7-,8-/m1/s1. The zero-order valence-electron chi connectivity index (χ0n) is 10.8. The molecule has 2 aliphatic heterocycles. The van der Waals surface area contributed by atoms with Crippen molar-refractivity contribution in [2.24, 2.45) is 0 Å². The number of hydrogen-bond donors (Lipinski definition) is 6. The normalized spacial score (nSPS) is 37.7. The lowest BCUT2D eigenvalue weighted by Crippen LogP contribution is -2.58.